The van der Waals surface area contributed by atoms with Crippen LogP contribution in [0.15, 0.2) is 46.0 Å². The van der Waals surface area contributed by atoms with Crippen molar-refractivity contribution in [2.75, 3.05) is 5.73 Å². The zero-order valence-corrected chi connectivity index (χ0v) is 14.6. The molecule has 3 heterocycles. The number of hydrogen-bond acceptors (Lipinski definition) is 6. The summed E-state index contributed by atoms with van der Waals surface area (Å²) in [6.07, 6.45) is -0.340. The normalized spacial score (nSPS) is 16.2. The van der Waals surface area contributed by atoms with Crippen LogP contribution in [0.3, 0.4) is 0 Å². The molecule has 0 bridgehead atoms. The van der Waals surface area contributed by atoms with E-state index in [0.29, 0.717) is 16.5 Å². The van der Waals surface area contributed by atoms with Gasteiger partial charge in [-0.05, 0) is 35.5 Å². The van der Waals surface area contributed by atoms with Gasteiger partial charge in [0.15, 0.2) is 0 Å². The van der Waals surface area contributed by atoms with E-state index in [9.17, 15) is 22.8 Å². The molecule has 2 amide bonds. The van der Waals surface area contributed by atoms with Crippen LogP contribution >= 0.6 is 11.8 Å². The Kier molecular flexibility index (Phi) is 4.15. The number of thioether (sulfide) groups is 1. The van der Waals surface area contributed by atoms with Crippen LogP contribution in [0, 0.1) is 0 Å². The third-order valence-electron chi connectivity index (χ3n) is 4.03. The van der Waals surface area contributed by atoms with Crippen molar-refractivity contribution in [1.82, 2.24) is 10.3 Å². The SMILES string of the molecule is Nc1ccc(-c2cncc3cc(/C=C4/SC(=O)NC4=O)oc23)cc1C(F)(F)F. The van der Waals surface area contributed by atoms with Crippen molar-refractivity contribution in [1.29, 1.82) is 0 Å². The number of fused-ring (bicyclic) bond motifs is 1. The maximum Gasteiger partial charge on any atom is 0.418 e. The van der Waals surface area contributed by atoms with Gasteiger partial charge in [-0.3, -0.25) is 19.9 Å². The second-order valence-electron chi connectivity index (χ2n) is 5.91. The first-order valence-electron chi connectivity index (χ1n) is 7.82. The lowest BCUT2D eigenvalue weighted by Gasteiger charge is -2.12. The molecule has 0 atom stereocenters. The zero-order chi connectivity index (χ0) is 20.1. The molecule has 6 nitrogen and oxygen atoms in total. The minimum Gasteiger partial charge on any atom is -0.456 e. The van der Waals surface area contributed by atoms with E-state index in [1.165, 1.54) is 30.6 Å². The molecule has 142 valence electrons. The Morgan fingerprint density at radius 3 is 2.64 bits per heavy atom. The van der Waals surface area contributed by atoms with Gasteiger partial charge in [-0.25, -0.2) is 0 Å². The maximum absolute atomic E-state index is 13.2. The second kappa shape index (κ2) is 6.41. The molecule has 1 aromatic carbocycles. The molecule has 0 aliphatic carbocycles. The molecule has 28 heavy (non-hydrogen) atoms. The summed E-state index contributed by atoms with van der Waals surface area (Å²) in [5, 5.41) is 2.17. The highest BCUT2D eigenvalue weighted by molar-refractivity contribution is 8.18. The monoisotopic (exact) mass is 405 g/mol. The molecular formula is C18H10F3N3O3S. The molecule has 3 N–H and O–H groups in total. The van der Waals surface area contributed by atoms with Gasteiger partial charge in [0.05, 0.1) is 10.5 Å². The van der Waals surface area contributed by atoms with Gasteiger partial charge in [-0.2, -0.15) is 13.2 Å². The summed E-state index contributed by atoms with van der Waals surface area (Å²) < 4.78 is 45.2. The van der Waals surface area contributed by atoms with E-state index >= 15 is 0 Å². The van der Waals surface area contributed by atoms with E-state index in [1.54, 1.807) is 6.07 Å². The molecule has 3 aromatic rings. The van der Waals surface area contributed by atoms with E-state index in [0.717, 1.165) is 17.8 Å². The van der Waals surface area contributed by atoms with Crippen LogP contribution in [0.4, 0.5) is 23.7 Å². The lowest BCUT2D eigenvalue weighted by Crippen LogP contribution is -2.17. The molecule has 0 radical (unpaired) electrons. The number of nitrogen functional groups attached to an aromatic ring is 1. The van der Waals surface area contributed by atoms with Crippen LogP contribution in [-0.4, -0.2) is 16.1 Å². The lowest BCUT2D eigenvalue weighted by molar-refractivity contribution is -0.136. The van der Waals surface area contributed by atoms with Crippen LogP contribution < -0.4 is 11.1 Å². The van der Waals surface area contributed by atoms with Crippen molar-refractivity contribution in [2.45, 2.75) is 6.18 Å². The summed E-state index contributed by atoms with van der Waals surface area (Å²) in [4.78, 5) is 27.1. The molecule has 0 spiro atoms. The van der Waals surface area contributed by atoms with E-state index in [2.05, 4.69) is 10.3 Å². The van der Waals surface area contributed by atoms with Gasteiger partial charge < -0.3 is 10.2 Å². The summed E-state index contributed by atoms with van der Waals surface area (Å²) in [5.74, 6) is -0.273. The molecule has 1 aliphatic heterocycles. The van der Waals surface area contributed by atoms with E-state index in [4.69, 9.17) is 10.2 Å². The van der Waals surface area contributed by atoms with Crippen molar-refractivity contribution in [3.05, 3.63) is 52.9 Å². The molecule has 2 aromatic heterocycles. The zero-order valence-electron chi connectivity index (χ0n) is 13.8. The highest BCUT2D eigenvalue weighted by Gasteiger charge is 2.33. The number of benzene rings is 1. The first-order valence-corrected chi connectivity index (χ1v) is 8.63. The molecule has 1 aliphatic rings. The highest BCUT2D eigenvalue weighted by Crippen LogP contribution is 2.38. The van der Waals surface area contributed by atoms with Gasteiger partial charge >= 0.3 is 6.18 Å². The average Bonchev–Trinajstić information content (AvgIpc) is 3.16. The summed E-state index contributed by atoms with van der Waals surface area (Å²) in [7, 11) is 0. The van der Waals surface area contributed by atoms with Crippen LogP contribution in [0.25, 0.3) is 28.2 Å². The van der Waals surface area contributed by atoms with Crippen molar-refractivity contribution in [3.63, 3.8) is 0 Å². The van der Waals surface area contributed by atoms with Crippen molar-refractivity contribution in [3.8, 4) is 11.1 Å². The molecule has 0 saturated carbocycles. The minimum atomic E-state index is -4.60. The third kappa shape index (κ3) is 3.22. The van der Waals surface area contributed by atoms with Crippen molar-refractivity contribution >= 4 is 45.6 Å². The van der Waals surface area contributed by atoms with E-state index in [-0.39, 0.29) is 21.9 Å². The fourth-order valence-electron chi connectivity index (χ4n) is 2.78. The number of nitrogens with two attached hydrogens (primary N) is 1. The molecule has 0 unspecified atom stereocenters. The first-order chi connectivity index (χ1) is 13.2. The Hall–Kier alpha value is -3.27. The Morgan fingerprint density at radius 2 is 1.96 bits per heavy atom. The largest absolute Gasteiger partial charge is 0.456 e. The van der Waals surface area contributed by atoms with Gasteiger partial charge in [0.2, 0.25) is 0 Å². The van der Waals surface area contributed by atoms with Gasteiger partial charge in [0.1, 0.15) is 11.3 Å². The number of rotatable bonds is 2. The summed E-state index contributed by atoms with van der Waals surface area (Å²) >= 11 is 0.732. The molecule has 1 fully saturated rings. The number of carbonyl (C=O) groups excluding carboxylic acids is 2. The fourth-order valence-corrected chi connectivity index (χ4v) is 3.44. The minimum absolute atomic E-state index is 0.158. The van der Waals surface area contributed by atoms with Crippen LogP contribution in [0.5, 0.6) is 0 Å². The number of amides is 2. The number of nitrogens with zero attached hydrogens (tertiary/aromatic N) is 1. The number of alkyl halides is 3. The number of halogens is 3. The standard InChI is InChI=1S/C18H10F3N3O3S/c19-18(20,21)12-4-8(1-2-13(12)22)11-7-23-6-9-3-10(27-15(9)11)5-14-16(25)24-17(26)28-14/h1-7H,22H2,(H,24,25,26)/b14-5+. The molecule has 1 saturated heterocycles. The number of imide groups is 1. The Morgan fingerprint density at radius 1 is 1.18 bits per heavy atom. The number of aromatic nitrogens is 1. The Balaban J connectivity index is 1.82. The summed E-state index contributed by atoms with van der Waals surface area (Å²) in [6.45, 7) is 0. The maximum atomic E-state index is 13.2. The average molecular weight is 405 g/mol. The predicted molar refractivity (Wildman–Crippen MR) is 98.0 cm³/mol. The lowest BCUT2D eigenvalue weighted by atomic mass is 10.0. The number of anilines is 1. The van der Waals surface area contributed by atoms with Crippen LogP contribution in [0.1, 0.15) is 11.3 Å². The Bertz CT molecular complexity index is 1170. The third-order valence-corrected chi connectivity index (χ3v) is 4.84. The summed E-state index contributed by atoms with van der Waals surface area (Å²) in [6, 6.07) is 5.14. The van der Waals surface area contributed by atoms with Gasteiger partial charge in [0, 0.05) is 35.1 Å². The Labute approximate surface area is 159 Å². The van der Waals surface area contributed by atoms with Crippen LogP contribution in [0.2, 0.25) is 0 Å². The van der Waals surface area contributed by atoms with Gasteiger partial charge in [0.25, 0.3) is 11.1 Å². The topological polar surface area (TPSA) is 98.2 Å². The van der Waals surface area contributed by atoms with E-state index in [1.807, 2.05) is 0 Å². The number of pyridine rings is 1. The van der Waals surface area contributed by atoms with Gasteiger partial charge in [-0.1, -0.05) is 6.07 Å². The van der Waals surface area contributed by atoms with Crippen LogP contribution in [-0.2, 0) is 11.0 Å². The van der Waals surface area contributed by atoms with Crippen molar-refractivity contribution < 1.29 is 27.2 Å². The molecule has 10 heteroatoms. The number of nitrogens with one attached hydrogen (secondary N) is 1. The second-order valence-corrected chi connectivity index (χ2v) is 6.92. The molecular weight excluding hydrogens is 395 g/mol. The summed E-state index contributed by atoms with van der Waals surface area (Å²) in [5.41, 5.74) is 4.99. The number of furan rings is 1. The van der Waals surface area contributed by atoms with Crippen molar-refractivity contribution in [2.24, 2.45) is 0 Å². The number of carbonyl (C=O) groups is 2. The smallest absolute Gasteiger partial charge is 0.418 e. The predicted octanol–water partition coefficient (Wildman–Crippen LogP) is 4.42. The first kappa shape index (κ1) is 18.1. The number of hydrogen-bond donors (Lipinski definition) is 2. The highest BCUT2D eigenvalue weighted by atomic mass is 32.2. The molecule has 4 rings (SSSR count). The van der Waals surface area contributed by atoms with Gasteiger partial charge in [-0.15, -0.1) is 0 Å². The fraction of sp³-hybridized carbons (Fsp3) is 0.0556. The quantitative estimate of drug-likeness (QED) is 0.484. The van der Waals surface area contributed by atoms with E-state index < -0.39 is 22.9 Å².